The number of aliphatic hydroxyl groups excluding tert-OH is 1. The Bertz CT molecular complexity index is 1390. The summed E-state index contributed by atoms with van der Waals surface area (Å²) in [6.07, 6.45) is 5.81. The van der Waals surface area contributed by atoms with E-state index >= 15 is 0 Å². The molecule has 0 spiro atoms. The molecular formula is C29H32O5S. The van der Waals surface area contributed by atoms with Crippen molar-refractivity contribution in [3.05, 3.63) is 65.7 Å². The van der Waals surface area contributed by atoms with Gasteiger partial charge in [0, 0.05) is 5.39 Å². The Morgan fingerprint density at radius 1 is 0.971 bits per heavy atom. The summed E-state index contributed by atoms with van der Waals surface area (Å²) >= 11 is 0. The SMILES string of the molecule is COc1cc2c(cc1OS(=O)(=O)c1cccc3ccccc13)CCC1C2CC[C@@]2(C)C1CC[C@@H]2O. The molecule has 1 N–H and O–H groups in total. The zero-order chi connectivity index (χ0) is 24.4. The fourth-order valence-corrected chi connectivity index (χ4v) is 8.51. The number of hydrogen-bond acceptors (Lipinski definition) is 5. The predicted octanol–water partition coefficient (Wildman–Crippen LogP) is 5.83. The highest BCUT2D eigenvalue weighted by Crippen LogP contribution is 2.61. The average molecular weight is 493 g/mol. The molecule has 2 fully saturated rings. The minimum atomic E-state index is -4.06. The van der Waals surface area contributed by atoms with Gasteiger partial charge < -0.3 is 14.0 Å². The molecule has 0 radical (unpaired) electrons. The lowest BCUT2D eigenvalue weighted by Crippen LogP contribution is -2.43. The van der Waals surface area contributed by atoms with Gasteiger partial charge in [0.05, 0.1) is 13.2 Å². The van der Waals surface area contributed by atoms with Gasteiger partial charge >= 0.3 is 10.1 Å². The van der Waals surface area contributed by atoms with Gasteiger partial charge in [-0.3, -0.25) is 0 Å². The second kappa shape index (κ2) is 8.24. The first-order chi connectivity index (χ1) is 16.8. The molecule has 3 aromatic rings. The maximum atomic E-state index is 13.4. The lowest BCUT2D eigenvalue weighted by Gasteiger charge is -2.50. The van der Waals surface area contributed by atoms with Crippen LogP contribution in [0, 0.1) is 17.3 Å². The second-order valence-corrected chi connectivity index (χ2v) is 12.3. The minimum absolute atomic E-state index is 0.0261. The van der Waals surface area contributed by atoms with Crippen LogP contribution in [-0.2, 0) is 16.5 Å². The molecule has 5 nitrogen and oxygen atoms in total. The Balaban J connectivity index is 1.35. The zero-order valence-electron chi connectivity index (χ0n) is 20.2. The quantitative estimate of drug-likeness (QED) is 0.464. The van der Waals surface area contributed by atoms with Crippen LogP contribution in [0.2, 0.25) is 0 Å². The van der Waals surface area contributed by atoms with Crippen molar-refractivity contribution in [1.82, 2.24) is 0 Å². The molecule has 35 heavy (non-hydrogen) atoms. The van der Waals surface area contributed by atoms with Gasteiger partial charge in [-0.1, -0.05) is 43.3 Å². The average Bonchev–Trinajstić information content (AvgIpc) is 3.17. The van der Waals surface area contributed by atoms with E-state index in [4.69, 9.17) is 8.92 Å². The first-order valence-corrected chi connectivity index (χ1v) is 14.0. The normalized spacial score (nSPS) is 29.8. The summed E-state index contributed by atoms with van der Waals surface area (Å²) in [5, 5.41) is 12.1. The molecule has 3 aliphatic rings. The molecule has 3 unspecified atom stereocenters. The van der Waals surface area contributed by atoms with E-state index in [9.17, 15) is 13.5 Å². The zero-order valence-corrected chi connectivity index (χ0v) is 21.1. The van der Waals surface area contributed by atoms with Crippen molar-refractivity contribution in [2.75, 3.05) is 7.11 Å². The van der Waals surface area contributed by atoms with Gasteiger partial charge in [0.25, 0.3) is 0 Å². The van der Waals surface area contributed by atoms with Crippen molar-refractivity contribution < 1.29 is 22.4 Å². The van der Waals surface area contributed by atoms with E-state index < -0.39 is 10.1 Å². The molecule has 0 aliphatic heterocycles. The van der Waals surface area contributed by atoms with E-state index in [-0.39, 0.29) is 22.2 Å². The van der Waals surface area contributed by atoms with Crippen molar-refractivity contribution in [3.8, 4) is 11.5 Å². The van der Waals surface area contributed by atoms with Crippen LogP contribution in [-0.4, -0.2) is 26.7 Å². The van der Waals surface area contributed by atoms with Crippen LogP contribution in [0.3, 0.4) is 0 Å². The number of benzene rings is 3. The number of methoxy groups -OCH3 is 1. The molecule has 0 amide bonds. The molecule has 3 aliphatic carbocycles. The molecule has 6 rings (SSSR count). The van der Waals surface area contributed by atoms with Gasteiger partial charge in [-0.25, -0.2) is 0 Å². The lowest BCUT2D eigenvalue weighted by molar-refractivity contribution is -0.0226. The van der Waals surface area contributed by atoms with Crippen LogP contribution in [0.1, 0.15) is 56.1 Å². The van der Waals surface area contributed by atoms with Crippen LogP contribution < -0.4 is 8.92 Å². The van der Waals surface area contributed by atoms with E-state index in [0.29, 0.717) is 28.9 Å². The highest BCUT2D eigenvalue weighted by Gasteiger charge is 2.54. The van der Waals surface area contributed by atoms with E-state index in [1.165, 1.54) is 5.56 Å². The van der Waals surface area contributed by atoms with Gasteiger partial charge in [-0.15, -0.1) is 0 Å². The van der Waals surface area contributed by atoms with Crippen molar-refractivity contribution in [2.24, 2.45) is 17.3 Å². The molecule has 0 bridgehead atoms. The molecule has 0 aromatic heterocycles. The summed E-state index contributed by atoms with van der Waals surface area (Å²) in [5.41, 5.74) is 2.44. The van der Waals surface area contributed by atoms with Crippen molar-refractivity contribution in [2.45, 2.75) is 62.4 Å². The number of ether oxygens (including phenoxy) is 1. The third kappa shape index (κ3) is 3.56. The van der Waals surface area contributed by atoms with Crippen LogP contribution in [0.4, 0.5) is 0 Å². The number of aryl methyl sites for hydroxylation is 1. The number of rotatable bonds is 4. The topological polar surface area (TPSA) is 72.8 Å². The summed E-state index contributed by atoms with van der Waals surface area (Å²) in [5.74, 6) is 2.20. The number of fused-ring (bicyclic) bond motifs is 6. The molecule has 2 saturated carbocycles. The highest BCUT2D eigenvalue weighted by molar-refractivity contribution is 7.87. The Morgan fingerprint density at radius 2 is 1.77 bits per heavy atom. The first kappa shape index (κ1) is 22.9. The maximum Gasteiger partial charge on any atom is 0.339 e. The largest absolute Gasteiger partial charge is 0.493 e. The van der Waals surface area contributed by atoms with Gasteiger partial charge in [-0.05, 0) is 96.4 Å². The van der Waals surface area contributed by atoms with Crippen molar-refractivity contribution in [3.63, 3.8) is 0 Å². The summed E-state index contributed by atoms with van der Waals surface area (Å²) in [4.78, 5) is 0.154. The summed E-state index contributed by atoms with van der Waals surface area (Å²) < 4.78 is 38.1. The van der Waals surface area contributed by atoms with Crippen LogP contribution in [0.15, 0.2) is 59.5 Å². The van der Waals surface area contributed by atoms with Gasteiger partial charge in [-0.2, -0.15) is 8.42 Å². The first-order valence-electron chi connectivity index (χ1n) is 12.6. The standard InChI is InChI=1S/C29H32O5S/c1-29-15-14-21-22(24(29)12-13-28(29)30)11-10-19-16-26(25(33-2)17-23(19)21)34-35(31,32)27-9-5-7-18-6-3-4-8-20(18)27/h3-9,16-17,21-22,24,28,30H,10-15H2,1-2H3/t21?,22?,24?,28-,29-/m0/s1. The van der Waals surface area contributed by atoms with E-state index in [0.717, 1.165) is 49.5 Å². The molecular weight excluding hydrogens is 460 g/mol. The minimum Gasteiger partial charge on any atom is -0.493 e. The van der Waals surface area contributed by atoms with Crippen LogP contribution in [0.25, 0.3) is 10.8 Å². The van der Waals surface area contributed by atoms with E-state index in [2.05, 4.69) is 6.92 Å². The summed E-state index contributed by atoms with van der Waals surface area (Å²) in [7, 11) is -2.50. The number of hydrogen-bond donors (Lipinski definition) is 1. The van der Waals surface area contributed by atoms with Crippen molar-refractivity contribution in [1.29, 1.82) is 0 Å². The predicted molar refractivity (Wildman–Crippen MR) is 135 cm³/mol. The summed E-state index contributed by atoms with van der Waals surface area (Å²) in [6, 6.07) is 16.5. The lowest BCUT2D eigenvalue weighted by atomic mass is 9.55. The Kier molecular flexibility index (Phi) is 5.38. The van der Waals surface area contributed by atoms with Crippen LogP contribution >= 0.6 is 0 Å². The number of aliphatic hydroxyl groups is 1. The Hall–Kier alpha value is -2.57. The molecule has 5 atom stereocenters. The summed E-state index contributed by atoms with van der Waals surface area (Å²) in [6.45, 7) is 2.27. The van der Waals surface area contributed by atoms with Crippen molar-refractivity contribution >= 4 is 20.9 Å². The van der Waals surface area contributed by atoms with Gasteiger partial charge in [0.2, 0.25) is 0 Å². The monoisotopic (exact) mass is 492 g/mol. The third-order valence-corrected chi connectivity index (χ3v) is 10.5. The Morgan fingerprint density at radius 3 is 2.60 bits per heavy atom. The smallest absolute Gasteiger partial charge is 0.339 e. The maximum absolute atomic E-state index is 13.4. The van der Waals surface area contributed by atoms with Gasteiger partial charge in [0.15, 0.2) is 11.5 Å². The molecule has 0 saturated heterocycles. The fraction of sp³-hybridized carbons (Fsp3) is 0.448. The van der Waals surface area contributed by atoms with E-state index in [1.807, 2.05) is 36.4 Å². The molecule has 6 heteroatoms. The molecule has 0 heterocycles. The Labute approximate surface area is 207 Å². The fourth-order valence-electron chi connectivity index (χ4n) is 7.35. The second-order valence-electron chi connectivity index (χ2n) is 10.8. The van der Waals surface area contributed by atoms with Crippen LogP contribution in [0.5, 0.6) is 11.5 Å². The molecule has 3 aromatic carbocycles. The van der Waals surface area contributed by atoms with Gasteiger partial charge in [0.1, 0.15) is 4.90 Å². The highest BCUT2D eigenvalue weighted by atomic mass is 32.2. The van der Waals surface area contributed by atoms with E-state index in [1.54, 1.807) is 25.3 Å². The molecule has 184 valence electrons. The third-order valence-electron chi connectivity index (χ3n) is 9.18.